The molecule has 100 valence electrons. The Balaban J connectivity index is 1.97. The van der Waals surface area contributed by atoms with Crippen LogP contribution in [0.5, 0.6) is 0 Å². The third kappa shape index (κ3) is 2.47. The largest absolute Gasteiger partial charge is 0.481 e. The van der Waals surface area contributed by atoms with E-state index >= 15 is 0 Å². The molecule has 2 unspecified atom stereocenters. The number of amides is 2. The number of piperidine rings is 1. The molecule has 2 heterocycles. The van der Waals surface area contributed by atoms with Crippen molar-refractivity contribution < 1.29 is 19.5 Å². The number of likely N-dealkylation sites (tertiary alicyclic amines) is 2. The van der Waals surface area contributed by atoms with Crippen LogP contribution >= 0.6 is 0 Å². The average Bonchev–Trinajstić information content (AvgIpc) is 2.69. The van der Waals surface area contributed by atoms with Crippen LogP contribution in [0.25, 0.3) is 0 Å². The minimum atomic E-state index is -0.841. The number of carbonyl (C=O) groups is 3. The Morgan fingerprint density at radius 3 is 2.56 bits per heavy atom. The summed E-state index contributed by atoms with van der Waals surface area (Å²) < 4.78 is 0. The van der Waals surface area contributed by atoms with Gasteiger partial charge in [-0.2, -0.15) is 0 Å². The van der Waals surface area contributed by atoms with E-state index in [0.29, 0.717) is 19.5 Å². The van der Waals surface area contributed by atoms with Crippen LogP contribution in [0.3, 0.4) is 0 Å². The van der Waals surface area contributed by atoms with Crippen molar-refractivity contribution in [3.05, 3.63) is 0 Å². The highest BCUT2D eigenvalue weighted by atomic mass is 16.4. The van der Waals surface area contributed by atoms with E-state index in [1.54, 1.807) is 16.8 Å². The number of aliphatic carboxylic acids is 1. The highest BCUT2D eigenvalue weighted by Crippen LogP contribution is 2.23. The second-order valence-corrected chi connectivity index (χ2v) is 5.14. The summed E-state index contributed by atoms with van der Waals surface area (Å²) in [7, 11) is 1.69. The van der Waals surface area contributed by atoms with Gasteiger partial charge in [-0.15, -0.1) is 0 Å². The van der Waals surface area contributed by atoms with Gasteiger partial charge in [0.15, 0.2) is 0 Å². The lowest BCUT2D eigenvalue weighted by atomic mass is 9.96. The van der Waals surface area contributed by atoms with Gasteiger partial charge in [0.2, 0.25) is 11.8 Å². The summed E-state index contributed by atoms with van der Waals surface area (Å²) in [5.74, 6) is -1.68. The van der Waals surface area contributed by atoms with Crippen LogP contribution in [0.1, 0.15) is 19.3 Å². The molecule has 2 saturated heterocycles. The van der Waals surface area contributed by atoms with Crippen LogP contribution in [0, 0.1) is 11.8 Å². The summed E-state index contributed by atoms with van der Waals surface area (Å²) in [6, 6.07) is 0. The molecule has 0 spiro atoms. The second-order valence-electron chi connectivity index (χ2n) is 5.14. The summed E-state index contributed by atoms with van der Waals surface area (Å²) in [6.07, 6.45) is 1.60. The zero-order valence-corrected chi connectivity index (χ0v) is 10.5. The van der Waals surface area contributed by atoms with Gasteiger partial charge in [-0.05, 0) is 12.8 Å². The monoisotopic (exact) mass is 254 g/mol. The van der Waals surface area contributed by atoms with Crippen LogP contribution in [-0.2, 0) is 14.4 Å². The smallest absolute Gasteiger partial charge is 0.308 e. The number of hydrogen-bond acceptors (Lipinski definition) is 3. The fourth-order valence-corrected chi connectivity index (χ4v) is 2.67. The standard InChI is InChI=1S/C12H18N2O4/c1-13-6-9(5-10(13)15)11(16)14-4-2-3-8(7-14)12(17)18/h8-9H,2-7H2,1H3,(H,17,18). The van der Waals surface area contributed by atoms with Crippen molar-refractivity contribution >= 4 is 17.8 Å². The third-order valence-electron chi connectivity index (χ3n) is 3.77. The molecule has 0 aromatic carbocycles. The minimum Gasteiger partial charge on any atom is -0.481 e. The molecule has 2 aliphatic heterocycles. The lowest BCUT2D eigenvalue weighted by molar-refractivity contribution is -0.146. The van der Waals surface area contributed by atoms with Crippen LogP contribution < -0.4 is 0 Å². The molecule has 2 aliphatic rings. The van der Waals surface area contributed by atoms with E-state index in [2.05, 4.69) is 0 Å². The van der Waals surface area contributed by atoms with Crippen molar-refractivity contribution in [1.82, 2.24) is 9.80 Å². The first kappa shape index (κ1) is 12.9. The quantitative estimate of drug-likeness (QED) is 0.739. The Bertz CT molecular complexity index is 382. The molecule has 6 heteroatoms. The molecular weight excluding hydrogens is 236 g/mol. The molecule has 0 bridgehead atoms. The summed E-state index contributed by atoms with van der Waals surface area (Å²) in [4.78, 5) is 37.7. The van der Waals surface area contributed by atoms with Gasteiger partial charge in [0.05, 0.1) is 11.8 Å². The van der Waals surface area contributed by atoms with Crippen LogP contribution in [-0.4, -0.2) is 59.4 Å². The van der Waals surface area contributed by atoms with Crippen LogP contribution in [0.4, 0.5) is 0 Å². The topological polar surface area (TPSA) is 77.9 Å². The number of carboxylic acids is 1. The first-order chi connectivity index (χ1) is 8.49. The van der Waals surface area contributed by atoms with Crippen molar-refractivity contribution in [1.29, 1.82) is 0 Å². The van der Waals surface area contributed by atoms with E-state index in [4.69, 9.17) is 5.11 Å². The minimum absolute atomic E-state index is 0.0138. The van der Waals surface area contributed by atoms with E-state index in [9.17, 15) is 14.4 Å². The lowest BCUT2D eigenvalue weighted by Gasteiger charge is -2.32. The Hall–Kier alpha value is -1.59. The molecule has 2 amide bonds. The number of nitrogens with zero attached hydrogens (tertiary/aromatic N) is 2. The van der Waals surface area contributed by atoms with Gasteiger partial charge >= 0.3 is 5.97 Å². The maximum atomic E-state index is 12.2. The maximum absolute atomic E-state index is 12.2. The van der Waals surface area contributed by atoms with Crippen molar-refractivity contribution in [3.63, 3.8) is 0 Å². The molecule has 0 radical (unpaired) electrons. The maximum Gasteiger partial charge on any atom is 0.308 e. The zero-order valence-electron chi connectivity index (χ0n) is 10.5. The van der Waals surface area contributed by atoms with Crippen molar-refractivity contribution in [3.8, 4) is 0 Å². The highest BCUT2D eigenvalue weighted by Gasteiger charge is 2.37. The molecule has 0 aromatic rings. The molecule has 2 atom stereocenters. The molecule has 2 rings (SSSR count). The van der Waals surface area contributed by atoms with E-state index in [-0.39, 0.29) is 30.7 Å². The van der Waals surface area contributed by atoms with Crippen molar-refractivity contribution in [2.24, 2.45) is 11.8 Å². The molecule has 6 nitrogen and oxygen atoms in total. The summed E-state index contributed by atoms with van der Waals surface area (Å²) in [5, 5.41) is 8.99. The van der Waals surface area contributed by atoms with Gasteiger partial charge in [-0.1, -0.05) is 0 Å². The highest BCUT2D eigenvalue weighted by molar-refractivity contribution is 5.89. The van der Waals surface area contributed by atoms with Gasteiger partial charge in [0.1, 0.15) is 0 Å². The van der Waals surface area contributed by atoms with Crippen LogP contribution in [0.2, 0.25) is 0 Å². The average molecular weight is 254 g/mol. The molecule has 0 aromatic heterocycles. The zero-order chi connectivity index (χ0) is 13.3. The number of rotatable bonds is 2. The molecule has 0 aliphatic carbocycles. The van der Waals surface area contributed by atoms with Crippen LogP contribution in [0.15, 0.2) is 0 Å². The Kier molecular flexibility index (Phi) is 3.54. The van der Waals surface area contributed by atoms with Gasteiger partial charge < -0.3 is 14.9 Å². The summed E-state index contributed by atoms with van der Waals surface area (Å²) in [5.41, 5.74) is 0. The van der Waals surface area contributed by atoms with Gasteiger partial charge in [-0.3, -0.25) is 14.4 Å². The fraction of sp³-hybridized carbons (Fsp3) is 0.750. The van der Waals surface area contributed by atoms with Crippen molar-refractivity contribution in [2.75, 3.05) is 26.7 Å². The Labute approximate surface area is 106 Å². The van der Waals surface area contributed by atoms with Gasteiger partial charge in [0, 0.05) is 33.1 Å². The summed E-state index contributed by atoms with van der Waals surface area (Å²) in [6.45, 7) is 1.34. The normalized spacial score (nSPS) is 28.6. The van der Waals surface area contributed by atoms with Gasteiger partial charge in [-0.25, -0.2) is 0 Å². The van der Waals surface area contributed by atoms with E-state index in [1.165, 1.54) is 0 Å². The van der Waals surface area contributed by atoms with E-state index < -0.39 is 11.9 Å². The number of hydrogen-bond donors (Lipinski definition) is 1. The first-order valence-corrected chi connectivity index (χ1v) is 6.24. The molecule has 1 N–H and O–H groups in total. The number of carboxylic acid groups (broad SMARTS) is 1. The predicted molar refractivity (Wildman–Crippen MR) is 62.7 cm³/mol. The van der Waals surface area contributed by atoms with E-state index in [0.717, 1.165) is 6.42 Å². The third-order valence-corrected chi connectivity index (χ3v) is 3.77. The SMILES string of the molecule is CN1CC(C(=O)N2CCCC(C(=O)O)C2)CC1=O. The second kappa shape index (κ2) is 4.96. The molecule has 18 heavy (non-hydrogen) atoms. The van der Waals surface area contributed by atoms with Crippen molar-refractivity contribution in [2.45, 2.75) is 19.3 Å². The fourth-order valence-electron chi connectivity index (χ4n) is 2.67. The molecule has 0 saturated carbocycles. The predicted octanol–water partition coefficient (Wildman–Crippen LogP) is -0.212. The van der Waals surface area contributed by atoms with Gasteiger partial charge in [0.25, 0.3) is 0 Å². The lowest BCUT2D eigenvalue weighted by Crippen LogP contribution is -2.45. The number of carbonyl (C=O) groups excluding carboxylic acids is 2. The Morgan fingerprint density at radius 1 is 1.28 bits per heavy atom. The first-order valence-electron chi connectivity index (χ1n) is 6.24. The van der Waals surface area contributed by atoms with E-state index in [1.807, 2.05) is 0 Å². The summed E-state index contributed by atoms with van der Waals surface area (Å²) >= 11 is 0. The Morgan fingerprint density at radius 2 is 2.00 bits per heavy atom. The molecular formula is C12H18N2O4. The molecule has 2 fully saturated rings.